The molecule has 1 spiro atoms. The molecule has 30 heavy (non-hydrogen) atoms. The van der Waals surface area contributed by atoms with Gasteiger partial charge in [-0.05, 0) is 24.3 Å². The largest absolute Gasteiger partial charge is 0.493 e. The summed E-state index contributed by atoms with van der Waals surface area (Å²) in [7, 11) is 0. The molecule has 2 aliphatic rings. The Hall–Kier alpha value is -3.80. The van der Waals surface area contributed by atoms with Crippen LogP contribution in [0, 0.1) is 0 Å². The molecule has 3 aromatic rings. The minimum absolute atomic E-state index is 0.123. The molecule has 0 unspecified atom stereocenters. The number of amides is 3. The summed E-state index contributed by atoms with van der Waals surface area (Å²) < 4.78 is 11.7. The lowest BCUT2D eigenvalue weighted by molar-refractivity contribution is -0.133. The molecule has 0 saturated carbocycles. The molecule has 0 aromatic heterocycles. The quantitative estimate of drug-likeness (QED) is 0.666. The molecule has 5 rings (SSSR count). The van der Waals surface area contributed by atoms with Crippen LogP contribution < -0.4 is 14.8 Å². The number of hydrogen-bond acceptors (Lipinski definition) is 4. The molecule has 6 heteroatoms. The molecule has 150 valence electrons. The Bertz CT molecular complexity index is 1110. The Morgan fingerprint density at radius 1 is 0.933 bits per heavy atom. The molecular weight excluding hydrogens is 380 g/mol. The van der Waals surface area contributed by atoms with Crippen molar-refractivity contribution < 1.29 is 19.1 Å². The second-order valence-electron chi connectivity index (χ2n) is 7.34. The van der Waals surface area contributed by atoms with Gasteiger partial charge < -0.3 is 14.8 Å². The van der Waals surface area contributed by atoms with Gasteiger partial charge in [-0.25, -0.2) is 4.79 Å². The van der Waals surface area contributed by atoms with Crippen LogP contribution in [0.4, 0.5) is 4.79 Å². The number of fused-ring (bicyclic) bond motifs is 2. The fourth-order valence-corrected chi connectivity index (χ4v) is 4.04. The minimum Gasteiger partial charge on any atom is -0.493 e. The van der Waals surface area contributed by atoms with Gasteiger partial charge >= 0.3 is 6.03 Å². The van der Waals surface area contributed by atoms with Crippen LogP contribution >= 0.6 is 0 Å². The first-order valence-electron chi connectivity index (χ1n) is 9.85. The van der Waals surface area contributed by atoms with Crippen LogP contribution in [0.3, 0.4) is 0 Å². The maximum Gasteiger partial charge on any atom is 0.325 e. The first-order valence-corrected chi connectivity index (χ1v) is 9.85. The second kappa shape index (κ2) is 7.22. The monoisotopic (exact) mass is 400 g/mol. The van der Waals surface area contributed by atoms with Crippen molar-refractivity contribution in [3.05, 3.63) is 90.0 Å². The zero-order chi connectivity index (χ0) is 20.6. The molecule has 0 radical (unpaired) electrons. The predicted octanol–water partition coefficient (Wildman–Crippen LogP) is 4.21. The highest BCUT2D eigenvalue weighted by atomic mass is 16.5. The van der Waals surface area contributed by atoms with E-state index < -0.39 is 11.6 Å². The summed E-state index contributed by atoms with van der Waals surface area (Å²) in [5.41, 5.74) is 0.370. The number of nitrogens with one attached hydrogen (secondary N) is 1. The summed E-state index contributed by atoms with van der Waals surface area (Å²) >= 11 is 0. The van der Waals surface area contributed by atoms with Crippen molar-refractivity contribution in [3.63, 3.8) is 0 Å². The first kappa shape index (κ1) is 18.2. The molecule has 3 aromatic carbocycles. The molecule has 0 aliphatic carbocycles. The SMILES string of the molecule is O=C1N[C@@]2(CCOc3ccccc32)C(=O)N1Cc1ccccc1Oc1ccccc1. The van der Waals surface area contributed by atoms with Crippen LogP contribution in [-0.4, -0.2) is 23.4 Å². The molecule has 1 saturated heterocycles. The van der Waals surface area contributed by atoms with Crippen LogP contribution in [0.25, 0.3) is 0 Å². The van der Waals surface area contributed by atoms with Gasteiger partial charge in [-0.2, -0.15) is 0 Å². The van der Waals surface area contributed by atoms with Crippen LogP contribution in [0.5, 0.6) is 17.2 Å². The summed E-state index contributed by atoms with van der Waals surface area (Å²) in [4.78, 5) is 27.6. The molecule has 2 heterocycles. The standard InChI is InChI=1S/C24H20N2O4/c27-22-24(14-15-29-21-13-7-5-11-19(21)24)25-23(28)26(22)16-17-8-4-6-12-20(17)30-18-9-2-1-3-10-18/h1-13H,14-16H2,(H,25,28)/t24-/m1/s1. The van der Waals surface area contributed by atoms with E-state index in [1.807, 2.05) is 78.9 Å². The van der Waals surface area contributed by atoms with Crippen molar-refractivity contribution in [2.45, 2.75) is 18.5 Å². The fourth-order valence-electron chi connectivity index (χ4n) is 4.04. The van der Waals surface area contributed by atoms with Crippen molar-refractivity contribution in [1.82, 2.24) is 10.2 Å². The number of nitrogens with zero attached hydrogens (tertiary/aromatic N) is 1. The van der Waals surface area contributed by atoms with E-state index in [1.54, 1.807) is 0 Å². The number of para-hydroxylation sites is 3. The van der Waals surface area contributed by atoms with E-state index in [0.717, 1.165) is 5.56 Å². The van der Waals surface area contributed by atoms with E-state index in [9.17, 15) is 9.59 Å². The Labute approximate surface area is 174 Å². The van der Waals surface area contributed by atoms with Crippen LogP contribution in [0.1, 0.15) is 17.5 Å². The lowest BCUT2D eigenvalue weighted by Gasteiger charge is -2.33. The predicted molar refractivity (Wildman–Crippen MR) is 110 cm³/mol. The summed E-state index contributed by atoms with van der Waals surface area (Å²) in [6, 6.07) is 23.8. The molecule has 0 bridgehead atoms. The van der Waals surface area contributed by atoms with Gasteiger partial charge in [0, 0.05) is 17.5 Å². The number of carbonyl (C=O) groups is 2. The number of imide groups is 1. The Kier molecular flexibility index (Phi) is 4.39. The molecule has 3 amide bonds. The minimum atomic E-state index is -1.08. The summed E-state index contributed by atoms with van der Waals surface area (Å²) in [5.74, 6) is 1.67. The summed E-state index contributed by atoms with van der Waals surface area (Å²) in [6.07, 6.45) is 0.396. The average molecular weight is 400 g/mol. The zero-order valence-electron chi connectivity index (χ0n) is 16.2. The second-order valence-corrected chi connectivity index (χ2v) is 7.34. The Morgan fingerprint density at radius 2 is 1.67 bits per heavy atom. The highest BCUT2D eigenvalue weighted by Gasteiger charge is 2.54. The zero-order valence-corrected chi connectivity index (χ0v) is 16.2. The van der Waals surface area contributed by atoms with Crippen molar-refractivity contribution in [3.8, 4) is 17.2 Å². The van der Waals surface area contributed by atoms with Crippen LogP contribution in [0.15, 0.2) is 78.9 Å². The van der Waals surface area contributed by atoms with Crippen LogP contribution in [0.2, 0.25) is 0 Å². The lowest BCUT2D eigenvalue weighted by atomic mass is 9.84. The van der Waals surface area contributed by atoms with Crippen LogP contribution in [-0.2, 0) is 16.9 Å². The topological polar surface area (TPSA) is 67.9 Å². The Morgan fingerprint density at radius 3 is 2.53 bits per heavy atom. The highest BCUT2D eigenvalue weighted by Crippen LogP contribution is 2.41. The molecule has 1 N–H and O–H groups in total. The van der Waals surface area contributed by atoms with Gasteiger partial charge in [0.15, 0.2) is 5.54 Å². The van der Waals surface area contributed by atoms with Crippen molar-refractivity contribution in [1.29, 1.82) is 0 Å². The van der Waals surface area contributed by atoms with E-state index in [2.05, 4.69) is 5.32 Å². The lowest BCUT2D eigenvalue weighted by Crippen LogP contribution is -2.47. The van der Waals surface area contributed by atoms with E-state index in [4.69, 9.17) is 9.47 Å². The summed E-state index contributed by atoms with van der Waals surface area (Å²) in [6.45, 7) is 0.489. The number of benzene rings is 3. The smallest absolute Gasteiger partial charge is 0.325 e. The Balaban J connectivity index is 1.45. The number of carbonyl (C=O) groups excluding carboxylic acids is 2. The summed E-state index contributed by atoms with van der Waals surface area (Å²) in [5, 5.41) is 2.93. The third kappa shape index (κ3) is 2.97. The maximum atomic E-state index is 13.5. The van der Waals surface area contributed by atoms with E-state index in [0.29, 0.717) is 35.8 Å². The molecular formula is C24H20N2O4. The van der Waals surface area contributed by atoms with Crippen molar-refractivity contribution in [2.75, 3.05) is 6.61 Å². The van der Waals surface area contributed by atoms with E-state index >= 15 is 0 Å². The number of rotatable bonds is 4. The normalized spacial score (nSPS) is 19.9. The number of ether oxygens (including phenoxy) is 2. The molecule has 1 atom stereocenters. The number of urea groups is 1. The van der Waals surface area contributed by atoms with E-state index in [-0.39, 0.29) is 12.5 Å². The van der Waals surface area contributed by atoms with Gasteiger partial charge in [0.25, 0.3) is 5.91 Å². The highest BCUT2D eigenvalue weighted by molar-refractivity contribution is 6.07. The molecule has 6 nitrogen and oxygen atoms in total. The third-order valence-electron chi connectivity index (χ3n) is 5.53. The van der Waals surface area contributed by atoms with Gasteiger partial charge in [-0.1, -0.05) is 54.6 Å². The van der Waals surface area contributed by atoms with E-state index in [1.165, 1.54) is 4.90 Å². The number of hydrogen-bond donors (Lipinski definition) is 1. The van der Waals surface area contributed by atoms with Gasteiger partial charge in [-0.3, -0.25) is 9.69 Å². The van der Waals surface area contributed by atoms with Gasteiger partial charge in [0.1, 0.15) is 17.2 Å². The van der Waals surface area contributed by atoms with Crippen molar-refractivity contribution in [2.24, 2.45) is 0 Å². The third-order valence-corrected chi connectivity index (χ3v) is 5.53. The maximum absolute atomic E-state index is 13.5. The fraction of sp³-hybridized carbons (Fsp3) is 0.167. The van der Waals surface area contributed by atoms with Gasteiger partial charge in [-0.15, -0.1) is 0 Å². The first-order chi connectivity index (χ1) is 14.7. The van der Waals surface area contributed by atoms with Crippen molar-refractivity contribution >= 4 is 11.9 Å². The average Bonchev–Trinajstić information content (AvgIpc) is 3.01. The van der Waals surface area contributed by atoms with Gasteiger partial charge in [0.2, 0.25) is 0 Å². The van der Waals surface area contributed by atoms with Gasteiger partial charge in [0.05, 0.1) is 13.2 Å². The molecule has 2 aliphatic heterocycles. The molecule has 1 fully saturated rings.